The average molecular weight is 264 g/mol. The molecule has 0 aliphatic heterocycles. The van der Waals surface area contributed by atoms with E-state index in [0.29, 0.717) is 5.69 Å². The van der Waals surface area contributed by atoms with E-state index in [0.717, 1.165) is 30.7 Å². The van der Waals surface area contributed by atoms with Crippen molar-refractivity contribution in [2.45, 2.75) is 58.5 Å². The minimum Gasteiger partial charge on any atom is -0.399 e. The van der Waals surface area contributed by atoms with Gasteiger partial charge >= 0.3 is 0 Å². The molecule has 3 heteroatoms. The van der Waals surface area contributed by atoms with Gasteiger partial charge < -0.3 is 16.2 Å². The Morgan fingerprint density at radius 1 is 1.05 bits per heavy atom. The minimum absolute atomic E-state index is 0.0896. The fraction of sp³-hybridized carbons (Fsp3) is 0.625. The molecule has 1 aromatic carbocycles. The Morgan fingerprint density at radius 3 is 2.42 bits per heavy atom. The largest absolute Gasteiger partial charge is 0.399 e. The molecule has 0 saturated heterocycles. The molecule has 19 heavy (non-hydrogen) atoms. The molecule has 1 unspecified atom stereocenters. The fourth-order valence-electron chi connectivity index (χ4n) is 2.25. The zero-order valence-electron chi connectivity index (χ0n) is 12.3. The number of benzene rings is 1. The monoisotopic (exact) mass is 264 g/mol. The first-order valence-electron chi connectivity index (χ1n) is 7.45. The molecule has 0 fully saturated rings. The maximum atomic E-state index is 6.01. The highest BCUT2D eigenvalue weighted by Crippen LogP contribution is 2.28. The number of unbranched alkanes of at least 4 members (excludes halogenated alkanes) is 4. The molecule has 1 atom stereocenters. The normalized spacial score (nSPS) is 12.5. The number of nitrogens with two attached hydrogens (primary N) is 2. The minimum atomic E-state index is 0.0896. The molecule has 1 aromatic rings. The van der Waals surface area contributed by atoms with Crippen LogP contribution < -0.4 is 11.5 Å². The summed E-state index contributed by atoms with van der Waals surface area (Å²) in [7, 11) is 0. The summed E-state index contributed by atoms with van der Waals surface area (Å²) >= 11 is 0. The van der Waals surface area contributed by atoms with Gasteiger partial charge in [-0.3, -0.25) is 0 Å². The van der Waals surface area contributed by atoms with E-state index in [1.807, 2.05) is 18.2 Å². The van der Waals surface area contributed by atoms with Gasteiger partial charge in [-0.05, 0) is 25.0 Å². The van der Waals surface area contributed by atoms with E-state index >= 15 is 0 Å². The maximum absolute atomic E-state index is 6.01. The highest BCUT2D eigenvalue weighted by molar-refractivity contribution is 5.57. The Labute approximate surface area is 117 Å². The second kappa shape index (κ2) is 8.81. The van der Waals surface area contributed by atoms with E-state index < -0.39 is 0 Å². The van der Waals surface area contributed by atoms with Crippen LogP contribution in [0.5, 0.6) is 0 Å². The van der Waals surface area contributed by atoms with Gasteiger partial charge in [-0.1, -0.05) is 45.6 Å². The highest BCUT2D eigenvalue weighted by Gasteiger charge is 2.12. The van der Waals surface area contributed by atoms with E-state index in [1.165, 1.54) is 25.7 Å². The molecule has 0 heterocycles. The summed E-state index contributed by atoms with van der Waals surface area (Å²) in [5.74, 6) is 0. The van der Waals surface area contributed by atoms with Crippen molar-refractivity contribution in [1.29, 1.82) is 0 Å². The third-order valence-electron chi connectivity index (χ3n) is 3.40. The van der Waals surface area contributed by atoms with E-state index in [4.69, 9.17) is 16.2 Å². The van der Waals surface area contributed by atoms with Crippen LogP contribution in [0, 0.1) is 0 Å². The predicted molar refractivity (Wildman–Crippen MR) is 83.0 cm³/mol. The average Bonchev–Trinajstić information content (AvgIpc) is 2.39. The van der Waals surface area contributed by atoms with Crippen LogP contribution in [0.2, 0.25) is 0 Å². The van der Waals surface area contributed by atoms with Crippen LogP contribution in [0.4, 0.5) is 11.4 Å². The first-order chi connectivity index (χ1) is 9.19. The van der Waals surface area contributed by atoms with E-state index in [-0.39, 0.29) is 6.10 Å². The standard InChI is InChI=1S/C16H28N2O/c1-3-5-6-7-8-11-19-16(4-2)14-10-9-13(17)12-15(14)18/h9-10,12,16H,3-8,11,17-18H2,1-2H3. The van der Waals surface area contributed by atoms with Crippen molar-refractivity contribution in [2.75, 3.05) is 18.1 Å². The second-order valence-corrected chi connectivity index (χ2v) is 5.07. The Kier molecular flexibility index (Phi) is 7.34. The fourth-order valence-corrected chi connectivity index (χ4v) is 2.25. The second-order valence-electron chi connectivity index (χ2n) is 5.07. The van der Waals surface area contributed by atoms with Gasteiger partial charge in [-0.2, -0.15) is 0 Å². The van der Waals surface area contributed by atoms with Crippen LogP contribution >= 0.6 is 0 Å². The lowest BCUT2D eigenvalue weighted by Crippen LogP contribution is -2.08. The summed E-state index contributed by atoms with van der Waals surface area (Å²) in [6.07, 6.45) is 7.31. The molecule has 0 amide bonds. The van der Waals surface area contributed by atoms with Crippen LogP contribution in [0.3, 0.4) is 0 Å². The van der Waals surface area contributed by atoms with Crippen LogP contribution in [0.15, 0.2) is 18.2 Å². The van der Waals surface area contributed by atoms with Gasteiger partial charge in [-0.15, -0.1) is 0 Å². The van der Waals surface area contributed by atoms with Crippen molar-refractivity contribution in [3.8, 4) is 0 Å². The molecule has 0 radical (unpaired) electrons. The summed E-state index contributed by atoms with van der Waals surface area (Å²) in [4.78, 5) is 0. The van der Waals surface area contributed by atoms with Gasteiger partial charge in [0.2, 0.25) is 0 Å². The summed E-state index contributed by atoms with van der Waals surface area (Å²) in [5, 5.41) is 0. The number of ether oxygens (including phenoxy) is 1. The van der Waals surface area contributed by atoms with E-state index in [1.54, 1.807) is 0 Å². The summed E-state index contributed by atoms with van der Waals surface area (Å²) < 4.78 is 5.96. The Hall–Kier alpha value is -1.22. The van der Waals surface area contributed by atoms with Crippen molar-refractivity contribution in [3.63, 3.8) is 0 Å². The Morgan fingerprint density at radius 2 is 1.79 bits per heavy atom. The van der Waals surface area contributed by atoms with Crippen LogP contribution in [-0.4, -0.2) is 6.61 Å². The third-order valence-corrected chi connectivity index (χ3v) is 3.40. The first-order valence-corrected chi connectivity index (χ1v) is 7.45. The smallest absolute Gasteiger partial charge is 0.0842 e. The quantitative estimate of drug-likeness (QED) is 0.516. The van der Waals surface area contributed by atoms with Crippen molar-refractivity contribution in [1.82, 2.24) is 0 Å². The summed E-state index contributed by atoms with van der Waals surface area (Å²) in [6, 6.07) is 5.68. The summed E-state index contributed by atoms with van der Waals surface area (Å²) in [5.41, 5.74) is 14.2. The molecular weight excluding hydrogens is 236 g/mol. The van der Waals surface area contributed by atoms with Gasteiger partial charge in [0, 0.05) is 23.5 Å². The SMILES string of the molecule is CCCCCCCOC(CC)c1ccc(N)cc1N. The molecule has 0 aromatic heterocycles. The van der Waals surface area contributed by atoms with Crippen LogP contribution in [0.1, 0.15) is 64.0 Å². The molecular formula is C16H28N2O. The van der Waals surface area contributed by atoms with Gasteiger partial charge in [0.15, 0.2) is 0 Å². The number of nitrogen functional groups attached to an aromatic ring is 2. The van der Waals surface area contributed by atoms with Crippen LogP contribution in [-0.2, 0) is 4.74 Å². The lowest BCUT2D eigenvalue weighted by molar-refractivity contribution is 0.0478. The Balaban J connectivity index is 2.40. The molecule has 0 bridgehead atoms. The highest BCUT2D eigenvalue weighted by atomic mass is 16.5. The summed E-state index contributed by atoms with van der Waals surface area (Å²) in [6.45, 7) is 5.16. The number of hydrogen-bond acceptors (Lipinski definition) is 3. The molecule has 0 saturated carbocycles. The molecule has 1 rings (SSSR count). The van der Waals surface area contributed by atoms with Gasteiger partial charge in [0.05, 0.1) is 6.10 Å². The van der Waals surface area contributed by atoms with Crippen LogP contribution in [0.25, 0.3) is 0 Å². The molecule has 108 valence electrons. The van der Waals surface area contributed by atoms with Crippen molar-refractivity contribution in [3.05, 3.63) is 23.8 Å². The van der Waals surface area contributed by atoms with Gasteiger partial charge in [-0.25, -0.2) is 0 Å². The van der Waals surface area contributed by atoms with Crippen molar-refractivity contribution < 1.29 is 4.74 Å². The van der Waals surface area contributed by atoms with E-state index in [9.17, 15) is 0 Å². The molecule has 0 aliphatic rings. The van der Waals surface area contributed by atoms with E-state index in [2.05, 4.69) is 13.8 Å². The van der Waals surface area contributed by atoms with Gasteiger partial charge in [0.25, 0.3) is 0 Å². The number of rotatable bonds is 9. The molecule has 4 N–H and O–H groups in total. The third kappa shape index (κ3) is 5.52. The Bertz CT molecular complexity index is 366. The first kappa shape index (κ1) is 15.8. The zero-order chi connectivity index (χ0) is 14.1. The molecule has 3 nitrogen and oxygen atoms in total. The molecule has 0 spiro atoms. The lowest BCUT2D eigenvalue weighted by Gasteiger charge is -2.18. The molecule has 0 aliphatic carbocycles. The number of hydrogen-bond donors (Lipinski definition) is 2. The van der Waals surface area contributed by atoms with Gasteiger partial charge in [0.1, 0.15) is 0 Å². The topological polar surface area (TPSA) is 61.3 Å². The number of anilines is 2. The zero-order valence-corrected chi connectivity index (χ0v) is 12.3. The lowest BCUT2D eigenvalue weighted by atomic mass is 10.0. The maximum Gasteiger partial charge on any atom is 0.0842 e. The van der Waals surface area contributed by atoms with Crippen molar-refractivity contribution >= 4 is 11.4 Å². The van der Waals surface area contributed by atoms with Crippen molar-refractivity contribution in [2.24, 2.45) is 0 Å². The predicted octanol–water partition coefficient (Wildman–Crippen LogP) is 4.29.